The quantitative estimate of drug-likeness (QED) is 0.262. The Hall–Kier alpha value is -3.76. The number of rotatable bonds is 10. The second-order valence-corrected chi connectivity index (χ2v) is 10.7. The van der Waals surface area contributed by atoms with Gasteiger partial charge in [0.05, 0.1) is 38.5 Å². The van der Waals surface area contributed by atoms with Crippen molar-refractivity contribution in [1.29, 1.82) is 0 Å². The first-order valence-corrected chi connectivity index (χ1v) is 14.2. The van der Waals surface area contributed by atoms with E-state index in [1.54, 1.807) is 37.4 Å². The molecule has 0 aliphatic carbocycles. The van der Waals surface area contributed by atoms with Gasteiger partial charge in [0, 0.05) is 31.7 Å². The highest BCUT2D eigenvalue weighted by Crippen LogP contribution is 2.43. The molecule has 2 aromatic carbocycles. The van der Waals surface area contributed by atoms with E-state index in [0.29, 0.717) is 86.2 Å². The molecule has 0 saturated carbocycles. The Morgan fingerprint density at radius 2 is 1.73 bits per heavy atom. The molecule has 3 heterocycles. The third kappa shape index (κ3) is 6.28. The van der Waals surface area contributed by atoms with Gasteiger partial charge in [0.2, 0.25) is 0 Å². The van der Waals surface area contributed by atoms with Crippen molar-refractivity contribution >= 4 is 17.4 Å². The highest BCUT2D eigenvalue weighted by molar-refractivity contribution is 6.46. The van der Waals surface area contributed by atoms with E-state index in [4.69, 9.17) is 23.7 Å². The lowest BCUT2D eigenvalue weighted by Crippen LogP contribution is -2.42. The van der Waals surface area contributed by atoms with Crippen LogP contribution in [-0.2, 0) is 14.3 Å². The van der Waals surface area contributed by atoms with Crippen molar-refractivity contribution in [3.05, 3.63) is 53.1 Å². The molecule has 2 saturated heterocycles. The smallest absolute Gasteiger partial charge is 0.295 e. The monoisotopic (exact) mass is 566 g/mol. The van der Waals surface area contributed by atoms with Crippen molar-refractivity contribution in [2.75, 3.05) is 66.3 Å². The highest BCUT2D eigenvalue weighted by atomic mass is 16.6. The Morgan fingerprint density at radius 1 is 0.976 bits per heavy atom. The molecule has 2 aromatic rings. The number of Topliss-reactive ketones (excluding diaryl/α,β-unsaturated/α-hetero) is 1. The van der Waals surface area contributed by atoms with Crippen LogP contribution in [0.1, 0.15) is 37.4 Å². The summed E-state index contributed by atoms with van der Waals surface area (Å²) in [6.45, 7) is 9.26. The van der Waals surface area contributed by atoms with Gasteiger partial charge in [-0.05, 0) is 48.2 Å². The summed E-state index contributed by atoms with van der Waals surface area (Å²) in [4.78, 5) is 30.7. The van der Waals surface area contributed by atoms with Crippen molar-refractivity contribution in [1.82, 2.24) is 9.80 Å². The third-order valence-corrected chi connectivity index (χ3v) is 7.57. The standard InChI is InChI=1S/C31H38N2O8/c1-20(2)8-13-39-23-6-4-21(18-25(23)37-3)28-27(29(34)22-5-7-24-26(19-22)41-17-16-40-24)30(35)31(36)33(28)10-9-32-11-14-38-15-12-32/h4-7,18-20,28,34H,8-17H2,1-3H3. The number of nitrogens with zero attached hydrogens (tertiary/aromatic N) is 2. The Balaban J connectivity index is 1.52. The van der Waals surface area contributed by atoms with Crippen LogP contribution in [0.2, 0.25) is 0 Å². The van der Waals surface area contributed by atoms with E-state index >= 15 is 0 Å². The number of ketones is 1. The molecular formula is C31H38N2O8. The van der Waals surface area contributed by atoms with E-state index in [2.05, 4.69) is 18.7 Å². The summed E-state index contributed by atoms with van der Waals surface area (Å²) in [5, 5.41) is 11.5. The normalized spacial score (nSPS) is 20.5. The van der Waals surface area contributed by atoms with Crippen molar-refractivity contribution in [2.24, 2.45) is 5.92 Å². The van der Waals surface area contributed by atoms with Gasteiger partial charge in [-0.25, -0.2) is 0 Å². The number of morpholine rings is 1. The fraction of sp³-hybridized carbons (Fsp3) is 0.484. The second-order valence-electron chi connectivity index (χ2n) is 10.7. The SMILES string of the molecule is COc1cc(C2C(=C(O)c3ccc4c(c3)OCCO4)C(=O)C(=O)N2CCN2CCOCC2)ccc1OCCC(C)C. The van der Waals surface area contributed by atoms with E-state index in [9.17, 15) is 14.7 Å². The van der Waals surface area contributed by atoms with E-state index in [1.165, 1.54) is 4.90 Å². The summed E-state index contributed by atoms with van der Waals surface area (Å²) in [6.07, 6.45) is 0.891. The Morgan fingerprint density at radius 3 is 2.46 bits per heavy atom. The van der Waals surface area contributed by atoms with E-state index in [0.717, 1.165) is 19.5 Å². The number of hydrogen-bond donors (Lipinski definition) is 1. The molecule has 0 bridgehead atoms. The lowest BCUT2D eigenvalue weighted by Gasteiger charge is -2.31. The van der Waals surface area contributed by atoms with Crippen LogP contribution in [0, 0.1) is 5.92 Å². The molecule has 5 rings (SSSR count). The number of likely N-dealkylation sites (tertiary alicyclic amines) is 1. The van der Waals surface area contributed by atoms with Crippen molar-refractivity contribution in [3.8, 4) is 23.0 Å². The van der Waals surface area contributed by atoms with Crippen molar-refractivity contribution in [3.63, 3.8) is 0 Å². The zero-order valence-corrected chi connectivity index (χ0v) is 23.9. The summed E-state index contributed by atoms with van der Waals surface area (Å²) in [7, 11) is 1.55. The fourth-order valence-corrected chi connectivity index (χ4v) is 5.26. The van der Waals surface area contributed by atoms with Gasteiger partial charge in [0.15, 0.2) is 23.0 Å². The number of amides is 1. The number of carbonyl (C=O) groups is 2. The summed E-state index contributed by atoms with van der Waals surface area (Å²) in [6, 6.07) is 9.56. The number of carbonyl (C=O) groups excluding carboxylic acids is 2. The lowest BCUT2D eigenvalue weighted by molar-refractivity contribution is -0.140. The number of hydrogen-bond acceptors (Lipinski definition) is 9. The van der Waals surface area contributed by atoms with E-state index < -0.39 is 17.7 Å². The molecule has 3 aliphatic heterocycles. The molecule has 220 valence electrons. The zero-order valence-electron chi connectivity index (χ0n) is 23.9. The lowest BCUT2D eigenvalue weighted by atomic mass is 9.94. The van der Waals surface area contributed by atoms with Crippen LogP contribution in [0.25, 0.3) is 5.76 Å². The van der Waals surface area contributed by atoms with Crippen molar-refractivity contribution in [2.45, 2.75) is 26.3 Å². The summed E-state index contributed by atoms with van der Waals surface area (Å²) >= 11 is 0. The predicted octanol–water partition coefficient (Wildman–Crippen LogP) is 3.65. The first-order chi connectivity index (χ1) is 19.9. The Kier molecular flexibility index (Phi) is 8.99. The van der Waals surface area contributed by atoms with E-state index in [-0.39, 0.29) is 11.3 Å². The van der Waals surface area contributed by atoms with Crippen LogP contribution in [0.15, 0.2) is 42.0 Å². The molecule has 2 fully saturated rings. The molecule has 1 atom stereocenters. The maximum absolute atomic E-state index is 13.5. The molecule has 1 unspecified atom stereocenters. The molecule has 0 aromatic heterocycles. The summed E-state index contributed by atoms with van der Waals surface area (Å²) in [5.41, 5.74) is 1.02. The zero-order chi connectivity index (χ0) is 28.9. The molecule has 3 aliphatic rings. The Bertz CT molecular complexity index is 1300. The van der Waals surface area contributed by atoms with Gasteiger partial charge in [-0.15, -0.1) is 0 Å². The van der Waals surface area contributed by atoms with Crippen molar-refractivity contribution < 1.29 is 38.4 Å². The number of benzene rings is 2. The second kappa shape index (κ2) is 12.8. The average Bonchev–Trinajstić information content (AvgIpc) is 3.24. The first-order valence-electron chi connectivity index (χ1n) is 14.2. The maximum Gasteiger partial charge on any atom is 0.295 e. The fourth-order valence-electron chi connectivity index (χ4n) is 5.26. The van der Waals surface area contributed by atoms with Gasteiger partial charge in [0.25, 0.3) is 11.7 Å². The van der Waals surface area contributed by atoms with Gasteiger partial charge < -0.3 is 33.7 Å². The topological polar surface area (TPSA) is 107 Å². The number of ether oxygens (including phenoxy) is 5. The first kappa shape index (κ1) is 28.8. The van der Waals surface area contributed by atoms with Crippen LogP contribution in [0.3, 0.4) is 0 Å². The minimum atomic E-state index is -0.817. The summed E-state index contributed by atoms with van der Waals surface area (Å²) in [5.74, 6) is 0.941. The van der Waals surface area contributed by atoms with Crippen LogP contribution in [-0.4, -0.2) is 92.9 Å². The van der Waals surface area contributed by atoms with Gasteiger partial charge in [0.1, 0.15) is 19.0 Å². The number of fused-ring (bicyclic) bond motifs is 1. The largest absolute Gasteiger partial charge is 0.507 e. The van der Waals surface area contributed by atoms with E-state index in [1.807, 2.05) is 6.07 Å². The van der Waals surface area contributed by atoms with Crippen LogP contribution < -0.4 is 18.9 Å². The molecule has 1 N–H and O–H groups in total. The molecule has 41 heavy (non-hydrogen) atoms. The number of aliphatic hydroxyl groups excluding tert-OH is 1. The third-order valence-electron chi connectivity index (χ3n) is 7.57. The van der Waals surface area contributed by atoms with Gasteiger partial charge in [-0.1, -0.05) is 19.9 Å². The minimum Gasteiger partial charge on any atom is -0.507 e. The minimum absolute atomic E-state index is 0.0178. The molecular weight excluding hydrogens is 528 g/mol. The number of aliphatic hydroxyl groups is 1. The molecule has 0 spiro atoms. The van der Waals surface area contributed by atoms with Gasteiger partial charge >= 0.3 is 0 Å². The van der Waals surface area contributed by atoms with Gasteiger partial charge in [-0.3, -0.25) is 14.5 Å². The predicted molar refractivity (Wildman–Crippen MR) is 152 cm³/mol. The average molecular weight is 567 g/mol. The molecule has 10 heteroatoms. The number of methoxy groups -OCH3 is 1. The molecule has 1 amide bonds. The highest BCUT2D eigenvalue weighted by Gasteiger charge is 2.46. The van der Waals surface area contributed by atoms with Crippen LogP contribution in [0.5, 0.6) is 23.0 Å². The van der Waals surface area contributed by atoms with Gasteiger partial charge in [-0.2, -0.15) is 0 Å². The molecule has 0 radical (unpaired) electrons. The molecule has 10 nitrogen and oxygen atoms in total. The Labute approximate surface area is 240 Å². The summed E-state index contributed by atoms with van der Waals surface area (Å²) < 4.78 is 28.4. The van der Waals surface area contributed by atoms with Crippen LogP contribution in [0.4, 0.5) is 0 Å². The maximum atomic E-state index is 13.5. The van der Waals surface area contributed by atoms with Crippen LogP contribution >= 0.6 is 0 Å².